The Labute approximate surface area is 99.1 Å². The molecule has 2 N–H and O–H groups in total. The topological polar surface area (TPSA) is 67.2 Å². The number of nitrogens with one attached hydrogen (secondary N) is 1. The second-order valence-corrected chi connectivity index (χ2v) is 3.78. The minimum atomic E-state index is -0.857. The number of nitrogens with zero attached hydrogens (tertiary/aromatic N) is 2. The van der Waals surface area contributed by atoms with Gasteiger partial charge in [-0.05, 0) is 13.0 Å². The third kappa shape index (κ3) is 2.45. The maximum atomic E-state index is 10.4. The van der Waals surface area contributed by atoms with E-state index >= 15 is 0 Å². The fourth-order valence-electron chi connectivity index (χ4n) is 1.86. The molecule has 1 aromatic heterocycles. The number of fused-ring (bicyclic) bond motifs is 1. The first-order valence-electron chi connectivity index (χ1n) is 5.59. The van der Waals surface area contributed by atoms with E-state index in [1.54, 1.807) is 0 Å². The Hall–Kier alpha value is -1.88. The summed E-state index contributed by atoms with van der Waals surface area (Å²) < 4.78 is 1.92. The Kier molecular flexibility index (Phi) is 3.39. The number of carboxylic acids is 1. The summed E-state index contributed by atoms with van der Waals surface area (Å²) in [6.45, 7) is 3.26. The Morgan fingerprint density at radius 2 is 2.24 bits per heavy atom. The Morgan fingerprint density at radius 3 is 2.94 bits per heavy atom. The Morgan fingerprint density at radius 1 is 1.47 bits per heavy atom. The molecule has 5 nitrogen and oxygen atoms in total. The number of benzene rings is 1. The summed E-state index contributed by atoms with van der Waals surface area (Å²) >= 11 is 0. The fraction of sp³-hybridized carbons (Fsp3) is 0.333. The first kappa shape index (κ1) is 11.6. The first-order chi connectivity index (χ1) is 8.22. The van der Waals surface area contributed by atoms with Crippen LogP contribution in [0.15, 0.2) is 24.3 Å². The van der Waals surface area contributed by atoms with E-state index in [-0.39, 0.29) is 6.54 Å². The molecule has 0 aliphatic heterocycles. The highest BCUT2D eigenvalue weighted by molar-refractivity contribution is 5.82. The molecule has 0 saturated heterocycles. The van der Waals surface area contributed by atoms with Gasteiger partial charge in [0.2, 0.25) is 0 Å². The predicted molar refractivity (Wildman–Crippen MR) is 64.7 cm³/mol. The lowest BCUT2D eigenvalue weighted by Gasteiger charge is -1.98. The highest BCUT2D eigenvalue weighted by Gasteiger charge is 2.08. The van der Waals surface area contributed by atoms with Crippen LogP contribution in [0.4, 0.5) is 0 Å². The van der Waals surface area contributed by atoms with Crippen molar-refractivity contribution in [2.75, 3.05) is 6.54 Å². The highest BCUT2D eigenvalue weighted by atomic mass is 16.4. The standard InChI is InChI=1S/C12H15N3O2/c1-2-15-11-6-4-3-5-9(11)10(14-15)7-13-8-12(16)17/h3-6,13H,2,7-8H2,1H3,(H,16,17). The Bertz CT molecular complexity index is 534. The smallest absolute Gasteiger partial charge is 0.317 e. The maximum absolute atomic E-state index is 10.4. The molecule has 2 aromatic rings. The van der Waals surface area contributed by atoms with Crippen molar-refractivity contribution in [2.45, 2.75) is 20.0 Å². The van der Waals surface area contributed by atoms with Crippen molar-refractivity contribution in [3.8, 4) is 0 Å². The fourth-order valence-corrected chi connectivity index (χ4v) is 1.86. The lowest BCUT2D eigenvalue weighted by atomic mass is 10.2. The largest absolute Gasteiger partial charge is 0.480 e. The van der Waals surface area contributed by atoms with Gasteiger partial charge in [0.1, 0.15) is 0 Å². The van der Waals surface area contributed by atoms with Gasteiger partial charge in [0.15, 0.2) is 0 Å². The van der Waals surface area contributed by atoms with Gasteiger partial charge in [-0.2, -0.15) is 5.10 Å². The molecule has 0 radical (unpaired) electrons. The van der Waals surface area contributed by atoms with E-state index in [0.29, 0.717) is 6.54 Å². The molecule has 0 spiro atoms. The van der Waals surface area contributed by atoms with E-state index in [1.165, 1.54) is 0 Å². The van der Waals surface area contributed by atoms with E-state index in [2.05, 4.69) is 10.4 Å². The number of para-hydroxylation sites is 1. The van der Waals surface area contributed by atoms with Crippen molar-refractivity contribution in [3.05, 3.63) is 30.0 Å². The second-order valence-electron chi connectivity index (χ2n) is 3.78. The zero-order valence-electron chi connectivity index (χ0n) is 9.68. The monoisotopic (exact) mass is 233 g/mol. The van der Waals surface area contributed by atoms with Gasteiger partial charge in [-0.3, -0.25) is 9.48 Å². The summed E-state index contributed by atoms with van der Waals surface area (Å²) in [5, 5.41) is 17.0. The summed E-state index contributed by atoms with van der Waals surface area (Å²) in [6.07, 6.45) is 0. The molecule has 17 heavy (non-hydrogen) atoms. The van der Waals surface area contributed by atoms with Crippen LogP contribution in [-0.4, -0.2) is 27.4 Å². The number of carboxylic acid groups (broad SMARTS) is 1. The number of carbonyl (C=O) groups is 1. The van der Waals surface area contributed by atoms with Gasteiger partial charge in [-0.15, -0.1) is 0 Å². The molecule has 1 aromatic carbocycles. The molecule has 0 unspecified atom stereocenters. The van der Waals surface area contributed by atoms with Crippen molar-refractivity contribution in [1.82, 2.24) is 15.1 Å². The quantitative estimate of drug-likeness (QED) is 0.815. The molecule has 0 bridgehead atoms. The Balaban J connectivity index is 2.24. The number of hydrogen-bond acceptors (Lipinski definition) is 3. The SMILES string of the molecule is CCn1nc(CNCC(=O)O)c2ccccc21. The lowest BCUT2D eigenvalue weighted by molar-refractivity contribution is -0.135. The zero-order chi connectivity index (χ0) is 12.3. The molecule has 0 amide bonds. The minimum absolute atomic E-state index is 0.0483. The van der Waals surface area contributed by atoms with Crippen LogP contribution in [0, 0.1) is 0 Å². The van der Waals surface area contributed by atoms with Crippen molar-refractivity contribution < 1.29 is 9.90 Å². The second kappa shape index (κ2) is 4.97. The van der Waals surface area contributed by atoms with Gasteiger partial charge >= 0.3 is 5.97 Å². The van der Waals surface area contributed by atoms with Gasteiger partial charge in [-0.1, -0.05) is 18.2 Å². The number of aryl methyl sites for hydroxylation is 1. The summed E-state index contributed by atoms with van der Waals surface area (Å²) in [7, 11) is 0. The summed E-state index contributed by atoms with van der Waals surface area (Å²) in [5.74, 6) is -0.857. The first-order valence-corrected chi connectivity index (χ1v) is 5.59. The number of rotatable bonds is 5. The van der Waals surface area contributed by atoms with Gasteiger partial charge in [0.05, 0.1) is 17.8 Å². The lowest BCUT2D eigenvalue weighted by Crippen LogP contribution is -2.22. The summed E-state index contributed by atoms with van der Waals surface area (Å²) in [6, 6.07) is 7.97. The molecular weight excluding hydrogens is 218 g/mol. The average molecular weight is 233 g/mol. The molecule has 1 heterocycles. The number of aromatic nitrogens is 2. The third-order valence-corrected chi connectivity index (χ3v) is 2.60. The van der Waals surface area contributed by atoms with Crippen LogP contribution >= 0.6 is 0 Å². The van der Waals surface area contributed by atoms with Gasteiger partial charge in [0.25, 0.3) is 0 Å². The van der Waals surface area contributed by atoms with Crippen LogP contribution in [-0.2, 0) is 17.9 Å². The van der Waals surface area contributed by atoms with Crippen molar-refractivity contribution >= 4 is 16.9 Å². The van der Waals surface area contributed by atoms with Crippen LogP contribution in [0.2, 0.25) is 0 Å². The molecule has 0 aliphatic rings. The van der Waals surface area contributed by atoms with E-state index in [9.17, 15) is 4.79 Å². The summed E-state index contributed by atoms with van der Waals surface area (Å²) in [4.78, 5) is 10.4. The maximum Gasteiger partial charge on any atom is 0.317 e. The third-order valence-electron chi connectivity index (χ3n) is 2.60. The normalized spacial score (nSPS) is 10.9. The molecule has 0 aliphatic carbocycles. The van der Waals surface area contributed by atoms with Crippen LogP contribution < -0.4 is 5.32 Å². The van der Waals surface area contributed by atoms with E-state index in [4.69, 9.17) is 5.11 Å². The van der Waals surface area contributed by atoms with Crippen LogP contribution in [0.3, 0.4) is 0 Å². The van der Waals surface area contributed by atoms with E-state index in [1.807, 2.05) is 35.9 Å². The van der Waals surface area contributed by atoms with Gasteiger partial charge < -0.3 is 10.4 Å². The summed E-state index contributed by atoms with van der Waals surface area (Å²) in [5.41, 5.74) is 1.98. The molecule has 0 saturated carbocycles. The van der Waals surface area contributed by atoms with Crippen molar-refractivity contribution in [2.24, 2.45) is 0 Å². The highest BCUT2D eigenvalue weighted by Crippen LogP contribution is 2.17. The minimum Gasteiger partial charge on any atom is -0.480 e. The molecule has 90 valence electrons. The van der Waals surface area contributed by atoms with Crippen LogP contribution in [0.1, 0.15) is 12.6 Å². The van der Waals surface area contributed by atoms with Gasteiger partial charge in [0, 0.05) is 18.5 Å². The molecule has 0 atom stereocenters. The number of hydrogen-bond donors (Lipinski definition) is 2. The molecular formula is C12H15N3O2. The zero-order valence-corrected chi connectivity index (χ0v) is 9.68. The predicted octanol–water partition coefficient (Wildman–Crippen LogP) is 1.23. The van der Waals surface area contributed by atoms with Crippen molar-refractivity contribution in [3.63, 3.8) is 0 Å². The average Bonchev–Trinajstić information content (AvgIpc) is 2.68. The number of aliphatic carboxylic acids is 1. The van der Waals surface area contributed by atoms with Gasteiger partial charge in [-0.25, -0.2) is 0 Å². The van der Waals surface area contributed by atoms with Crippen LogP contribution in [0.25, 0.3) is 10.9 Å². The van der Waals surface area contributed by atoms with E-state index < -0.39 is 5.97 Å². The van der Waals surface area contributed by atoms with Crippen LogP contribution in [0.5, 0.6) is 0 Å². The molecule has 5 heteroatoms. The molecule has 2 rings (SSSR count). The van der Waals surface area contributed by atoms with E-state index in [0.717, 1.165) is 23.1 Å². The molecule has 0 fully saturated rings. The van der Waals surface area contributed by atoms with Crippen molar-refractivity contribution in [1.29, 1.82) is 0 Å².